The van der Waals surface area contributed by atoms with E-state index in [1.54, 1.807) is 19.0 Å². The summed E-state index contributed by atoms with van der Waals surface area (Å²) in [7, 11) is 3.43. The molecule has 5 rings (SSSR count). The van der Waals surface area contributed by atoms with E-state index in [1.165, 1.54) is 12.1 Å². The Morgan fingerprint density at radius 3 is 2.54 bits per heavy atom. The predicted octanol–water partition coefficient (Wildman–Crippen LogP) is 4.79. The minimum atomic E-state index is -0.735. The zero-order valence-corrected chi connectivity index (χ0v) is 23.0. The second kappa shape index (κ2) is 11.2. The normalized spacial score (nSPS) is 21.0. The standard InChI is InChI=1S/C30H37F3N4O2/c1-18(30(38)35(3)4)15-37-19(2)11-23-22-7-5-6-8-26(22)34-28(23)29(37)27-24(32)12-21(13-25(27)33)39-10-9-36-16-20(14-31)17-36/h5-8,12-13,18-20,29,34H,9-11,14-17H2,1-4H3/t18-,19-,29-/m1/s1. The van der Waals surface area contributed by atoms with Crippen molar-refractivity contribution in [2.45, 2.75) is 32.4 Å². The molecule has 0 bridgehead atoms. The Bertz CT molecular complexity index is 1310. The average Bonchev–Trinajstić information content (AvgIpc) is 3.24. The highest BCUT2D eigenvalue weighted by Gasteiger charge is 2.40. The molecule has 6 nitrogen and oxygen atoms in total. The number of rotatable bonds is 9. The number of H-pyrrole nitrogens is 1. The van der Waals surface area contributed by atoms with Gasteiger partial charge in [-0.05, 0) is 25.0 Å². The lowest BCUT2D eigenvalue weighted by atomic mass is 9.87. The Hall–Kier alpha value is -3.04. The minimum Gasteiger partial charge on any atom is -0.492 e. The van der Waals surface area contributed by atoms with Gasteiger partial charge in [0.15, 0.2) is 0 Å². The number of hydrogen-bond acceptors (Lipinski definition) is 4. The fraction of sp³-hybridized carbons (Fsp3) is 0.500. The van der Waals surface area contributed by atoms with E-state index in [0.717, 1.165) is 22.2 Å². The van der Waals surface area contributed by atoms with Gasteiger partial charge in [0.2, 0.25) is 5.91 Å². The molecule has 2 aliphatic rings. The molecule has 2 aromatic carbocycles. The summed E-state index contributed by atoms with van der Waals surface area (Å²) in [6.45, 7) is 6.12. The SMILES string of the molecule is C[C@H](CN1[C@H](c2c(F)cc(OCCN3CC(CF)C3)cc2F)c2[nH]c3ccccc3c2C[C@H]1C)C(=O)N(C)C. The predicted molar refractivity (Wildman–Crippen MR) is 146 cm³/mol. The number of para-hydroxylation sites is 1. The third-order valence-electron chi connectivity index (χ3n) is 8.12. The molecule has 39 heavy (non-hydrogen) atoms. The summed E-state index contributed by atoms with van der Waals surface area (Å²) in [5, 5.41) is 1.04. The van der Waals surface area contributed by atoms with Crippen LogP contribution in [0.2, 0.25) is 0 Å². The van der Waals surface area contributed by atoms with Crippen molar-refractivity contribution in [3.8, 4) is 5.75 Å². The van der Waals surface area contributed by atoms with Gasteiger partial charge in [-0.15, -0.1) is 0 Å². The summed E-state index contributed by atoms with van der Waals surface area (Å²) >= 11 is 0. The first-order valence-corrected chi connectivity index (χ1v) is 13.6. The highest BCUT2D eigenvalue weighted by atomic mass is 19.1. The number of aromatic nitrogens is 1. The van der Waals surface area contributed by atoms with Gasteiger partial charge >= 0.3 is 0 Å². The summed E-state index contributed by atoms with van der Waals surface area (Å²) in [5.74, 6) is -1.57. The van der Waals surface area contributed by atoms with E-state index in [-0.39, 0.29) is 48.4 Å². The number of halogens is 3. The van der Waals surface area contributed by atoms with Gasteiger partial charge in [-0.2, -0.15) is 0 Å². The van der Waals surface area contributed by atoms with Crippen molar-refractivity contribution in [3.05, 3.63) is 64.9 Å². The van der Waals surface area contributed by atoms with Crippen molar-refractivity contribution in [1.29, 1.82) is 0 Å². The second-order valence-electron chi connectivity index (χ2n) is 11.3. The topological polar surface area (TPSA) is 51.8 Å². The highest BCUT2D eigenvalue weighted by molar-refractivity contribution is 5.85. The van der Waals surface area contributed by atoms with Crippen molar-refractivity contribution in [1.82, 2.24) is 19.7 Å². The molecule has 9 heteroatoms. The Labute approximate surface area is 227 Å². The average molecular weight is 543 g/mol. The van der Waals surface area contributed by atoms with Gasteiger partial charge in [0.25, 0.3) is 0 Å². The number of fused-ring (bicyclic) bond motifs is 3. The fourth-order valence-electron chi connectivity index (χ4n) is 6.09. The van der Waals surface area contributed by atoms with Crippen LogP contribution in [-0.4, -0.2) is 85.2 Å². The summed E-state index contributed by atoms with van der Waals surface area (Å²) < 4.78 is 50.0. The van der Waals surface area contributed by atoms with Gasteiger partial charge in [-0.25, -0.2) is 8.78 Å². The summed E-state index contributed by atoms with van der Waals surface area (Å²) in [4.78, 5) is 21.8. The van der Waals surface area contributed by atoms with Crippen LogP contribution in [0.25, 0.3) is 10.9 Å². The van der Waals surface area contributed by atoms with Crippen molar-refractivity contribution in [2.75, 3.05) is 53.6 Å². The molecule has 3 heterocycles. The third kappa shape index (κ3) is 5.39. The quantitative estimate of drug-likeness (QED) is 0.423. The monoisotopic (exact) mass is 542 g/mol. The van der Waals surface area contributed by atoms with Gasteiger partial charge in [-0.1, -0.05) is 25.1 Å². The van der Waals surface area contributed by atoms with Crippen LogP contribution in [0.1, 0.15) is 36.7 Å². The van der Waals surface area contributed by atoms with E-state index in [0.29, 0.717) is 32.6 Å². The lowest BCUT2D eigenvalue weighted by Crippen LogP contribution is -2.49. The zero-order chi connectivity index (χ0) is 27.8. The van der Waals surface area contributed by atoms with Crippen LogP contribution in [0.15, 0.2) is 36.4 Å². The maximum Gasteiger partial charge on any atom is 0.226 e. The molecule has 2 aliphatic heterocycles. The molecule has 1 N–H and O–H groups in total. The number of hydrogen-bond donors (Lipinski definition) is 1. The molecular weight excluding hydrogens is 505 g/mol. The molecule has 3 atom stereocenters. The van der Waals surface area contributed by atoms with E-state index in [4.69, 9.17) is 4.74 Å². The minimum absolute atomic E-state index is 0.0341. The molecule has 0 saturated carbocycles. The molecular formula is C30H37F3N4O2. The van der Waals surface area contributed by atoms with Crippen molar-refractivity contribution < 1.29 is 22.7 Å². The lowest BCUT2D eigenvalue weighted by molar-refractivity contribution is -0.133. The van der Waals surface area contributed by atoms with Gasteiger partial charge in [-0.3, -0.25) is 19.0 Å². The Kier molecular flexibility index (Phi) is 7.91. The number of alkyl halides is 1. The molecule has 0 unspecified atom stereocenters. The zero-order valence-electron chi connectivity index (χ0n) is 23.0. The molecule has 1 amide bonds. The first-order valence-electron chi connectivity index (χ1n) is 13.6. The van der Waals surface area contributed by atoms with Gasteiger partial charge in [0, 0.05) is 92.4 Å². The van der Waals surface area contributed by atoms with Gasteiger partial charge in [0.05, 0.1) is 12.7 Å². The number of ether oxygens (including phenoxy) is 1. The van der Waals surface area contributed by atoms with Crippen LogP contribution in [0, 0.1) is 23.5 Å². The van der Waals surface area contributed by atoms with E-state index >= 15 is 8.78 Å². The van der Waals surface area contributed by atoms with Crippen LogP contribution in [0.4, 0.5) is 13.2 Å². The van der Waals surface area contributed by atoms with Crippen LogP contribution >= 0.6 is 0 Å². The van der Waals surface area contributed by atoms with Crippen LogP contribution in [0.3, 0.4) is 0 Å². The van der Waals surface area contributed by atoms with Gasteiger partial charge in [0.1, 0.15) is 24.0 Å². The molecule has 0 spiro atoms. The third-order valence-corrected chi connectivity index (χ3v) is 8.12. The van der Waals surface area contributed by atoms with Crippen LogP contribution in [0.5, 0.6) is 5.75 Å². The molecule has 3 aromatic rings. The molecule has 0 aliphatic carbocycles. The summed E-state index contributed by atoms with van der Waals surface area (Å²) in [6.07, 6.45) is 0.697. The van der Waals surface area contributed by atoms with Gasteiger partial charge < -0.3 is 14.6 Å². The summed E-state index contributed by atoms with van der Waals surface area (Å²) in [6, 6.07) is 9.59. The number of nitrogens with one attached hydrogen (secondary N) is 1. The number of nitrogens with zero attached hydrogens (tertiary/aromatic N) is 3. The van der Waals surface area contributed by atoms with E-state index in [2.05, 4.69) is 9.88 Å². The molecule has 0 radical (unpaired) electrons. The van der Waals surface area contributed by atoms with Crippen molar-refractivity contribution >= 4 is 16.8 Å². The number of likely N-dealkylation sites (tertiary alicyclic amines) is 1. The first kappa shape index (κ1) is 27.5. The lowest BCUT2D eigenvalue weighted by Gasteiger charge is -2.42. The maximum absolute atomic E-state index is 15.8. The molecule has 210 valence electrons. The molecule has 1 fully saturated rings. The van der Waals surface area contributed by atoms with Crippen molar-refractivity contribution in [2.24, 2.45) is 11.8 Å². The van der Waals surface area contributed by atoms with Crippen LogP contribution in [-0.2, 0) is 11.2 Å². The number of aromatic amines is 1. The smallest absolute Gasteiger partial charge is 0.226 e. The first-order chi connectivity index (χ1) is 18.7. The van der Waals surface area contributed by atoms with Crippen LogP contribution < -0.4 is 4.74 Å². The van der Waals surface area contributed by atoms with Crippen molar-refractivity contribution in [3.63, 3.8) is 0 Å². The Balaban J connectivity index is 1.47. The maximum atomic E-state index is 15.8. The number of carbonyl (C=O) groups is 1. The van der Waals surface area contributed by atoms with E-state index in [9.17, 15) is 9.18 Å². The second-order valence-corrected chi connectivity index (χ2v) is 11.3. The van der Waals surface area contributed by atoms with E-state index in [1.807, 2.05) is 43.0 Å². The fourth-order valence-corrected chi connectivity index (χ4v) is 6.09. The molecule has 1 saturated heterocycles. The highest BCUT2D eigenvalue weighted by Crippen LogP contribution is 2.43. The van der Waals surface area contributed by atoms with E-state index < -0.39 is 17.7 Å². The number of carbonyl (C=O) groups excluding carboxylic acids is 1. The number of benzene rings is 2. The Morgan fingerprint density at radius 2 is 1.87 bits per heavy atom. The Morgan fingerprint density at radius 1 is 1.18 bits per heavy atom. The largest absolute Gasteiger partial charge is 0.492 e. The summed E-state index contributed by atoms with van der Waals surface area (Å²) in [5.41, 5.74) is 2.66. The molecule has 1 aromatic heterocycles. The number of amides is 1.